The summed E-state index contributed by atoms with van der Waals surface area (Å²) in [6.45, 7) is 11.9. The molecule has 1 aromatic carbocycles. The van der Waals surface area contributed by atoms with Gasteiger partial charge in [-0.1, -0.05) is 30.4 Å². The molecular weight excluding hydrogens is 346 g/mol. The number of quaternary nitrogens is 1. The number of aromatic nitrogens is 1. The normalized spacial score (nSPS) is 15.5. The van der Waals surface area contributed by atoms with E-state index in [0.717, 1.165) is 62.9 Å². The van der Waals surface area contributed by atoms with Crippen molar-refractivity contribution < 1.29 is 14.4 Å². The van der Waals surface area contributed by atoms with Crippen LogP contribution in [0.5, 0.6) is 0 Å². The van der Waals surface area contributed by atoms with E-state index in [1.807, 2.05) is 4.90 Å². The highest BCUT2D eigenvalue weighted by Crippen LogP contribution is 2.33. The molecule has 0 unspecified atom stereocenters. The first-order valence-electron chi connectivity index (χ1n) is 9.68. The standard InChI is InChI=1S/C20H29N3O2S/c1-4-6-17(24)23(10-5-9-22-11-13-25-14-12-22)20-21-18-15(2)7-8-16(3)19(18)26-20/h7-8H,4-6,9-14H2,1-3H3/p+1. The van der Waals surface area contributed by atoms with E-state index in [1.54, 1.807) is 16.2 Å². The lowest BCUT2D eigenvalue weighted by Gasteiger charge is -2.25. The highest BCUT2D eigenvalue weighted by Gasteiger charge is 2.21. The quantitative estimate of drug-likeness (QED) is 0.807. The van der Waals surface area contributed by atoms with Gasteiger partial charge in [-0.15, -0.1) is 0 Å². The van der Waals surface area contributed by atoms with Crippen LogP contribution in [0, 0.1) is 13.8 Å². The van der Waals surface area contributed by atoms with E-state index < -0.39 is 0 Å². The lowest BCUT2D eigenvalue weighted by atomic mass is 10.1. The van der Waals surface area contributed by atoms with Crippen molar-refractivity contribution in [3.63, 3.8) is 0 Å². The topological polar surface area (TPSA) is 46.9 Å². The maximum atomic E-state index is 12.7. The SMILES string of the molecule is CCCC(=O)N(CCC[NH+]1CCOCC1)c1nc2c(C)ccc(C)c2s1. The zero-order valence-electron chi connectivity index (χ0n) is 16.1. The van der Waals surface area contributed by atoms with Gasteiger partial charge in [-0.3, -0.25) is 9.69 Å². The average molecular weight is 377 g/mol. The van der Waals surface area contributed by atoms with Crippen LogP contribution in [0.25, 0.3) is 10.2 Å². The lowest BCUT2D eigenvalue weighted by molar-refractivity contribution is -0.908. The van der Waals surface area contributed by atoms with Gasteiger partial charge >= 0.3 is 0 Å². The second kappa shape index (κ2) is 8.93. The molecule has 2 heterocycles. The van der Waals surface area contributed by atoms with E-state index in [-0.39, 0.29) is 5.91 Å². The van der Waals surface area contributed by atoms with Crippen LogP contribution >= 0.6 is 11.3 Å². The third-order valence-electron chi connectivity index (χ3n) is 5.04. The van der Waals surface area contributed by atoms with Crippen molar-refractivity contribution >= 4 is 32.6 Å². The molecular formula is C20H30N3O2S+. The molecule has 0 saturated carbocycles. The first-order chi connectivity index (χ1) is 12.6. The van der Waals surface area contributed by atoms with Crippen LogP contribution in [0.15, 0.2) is 12.1 Å². The van der Waals surface area contributed by atoms with Gasteiger partial charge in [-0.05, 0) is 31.4 Å². The largest absolute Gasteiger partial charge is 0.370 e. The van der Waals surface area contributed by atoms with Crippen LogP contribution in [0.4, 0.5) is 5.13 Å². The van der Waals surface area contributed by atoms with Crippen molar-refractivity contribution in [1.29, 1.82) is 0 Å². The monoisotopic (exact) mass is 376 g/mol. The van der Waals surface area contributed by atoms with Crippen LogP contribution in [0.3, 0.4) is 0 Å². The van der Waals surface area contributed by atoms with Crippen LogP contribution < -0.4 is 9.80 Å². The Balaban J connectivity index is 1.76. The number of morpholine rings is 1. The molecule has 1 aromatic heterocycles. The van der Waals surface area contributed by atoms with Crippen LogP contribution in [0.1, 0.15) is 37.3 Å². The lowest BCUT2D eigenvalue weighted by Crippen LogP contribution is -3.14. The molecule has 0 spiro atoms. The number of nitrogens with zero attached hydrogens (tertiary/aromatic N) is 2. The Bertz CT molecular complexity index is 714. The van der Waals surface area contributed by atoms with Gasteiger partial charge in [0.15, 0.2) is 5.13 Å². The number of thiazole rings is 1. The third-order valence-corrected chi connectivity index (χ3v) is 6.25. The molecule has 5 nitrogen and oxygen atoms in total. The molecule has 26 heavy (non-hydrogen) atoms. The third kappa shape index (κ3) is 4.42. The van der Waals surface area contributed by atoms with Crippen molar-refractivity contribution in [2.45, 2.75) is 40.0 Å². The summed E-state index contributed by atoms with van der Waals surface area (Å²) in [5.74, 6) is 0.193. The van der Waals surface area contributed by atoms with Gasteiger partial charge in [0.1, 0.15) is 13.1 Å². The maximum absolute atomic E-state index is 12.7. The molecule has 142 valence electrons. The number of carbonyl (C=O) groups excluding carboxylic acids is 1. The van der Waals surface area contributed by atoms with E-state index in [9.17, 15) is 4.79 Å². The Hall–Kier alpha value is -1.50. The molecule has 1 saturated heterocycles. The molecule has 2 aromatic rings. The number of ether oxygens (including phenoxy) is 1. The molecule has 1 aliphatic rings. The Morgan fingerprint density at radius 1 is 1.27 bits per heavy atom. The Labute approximate surface area is 160 Å². The van der Waals surface area contributed by atoms with Gasteiger partial charge in [0, 0.05) is 19.4 Å². The maximum Gasteiger partial charge on any atom is 0.228 e. The number of fused-ring (bicyclic) bond motifs is 1. The summed E-state index contributed by atoms with van der Waals surface area (Å²) in [5, 5.41) is 0.854. The van der Waals surface area contributed by atoms with Gasteiger partial charge < -0.3 is 9.64 Å². The van der Waals surface area contributed by atoms with Crippen LogP contribution in [-0.4, -0.2) is 50.3 Å². The van der Waals surface area contributed by atoms with Gasteiger partial charge in [-0.25, -0.2) is 4.98 Å². The van der Waals surface area contributed by atoms with Gasteiger partial charge in [0.2, 0.25) is 5.91 Å². The summed E-state index contributed by atoms with van der Waals surface area (Å²) in [6.07, 6.45) is 2.45. The fourth-order valence-corrected chi connectivity index (χ4v) is 4.59. The fraction of sp³-hybridized carbons (Fsp3) is 0.600. The van der Waals surface area contributed by atoms with Crippen molar-refractivity contribution in [3.8, 4) is 0 Å². The van der Waals surface area contributed by atoms with E-state index in [0.29, 0.717) is 6.42 Å². The van der Waals surface area contributed by atoms with Gasteiger partial charge in [0.05, 0.1) is 30.0 Å². The number of benzene rings is 1. The van der Waals surface area contributed by atoms with E-state index >= 15 is 0 Å². The van der Waals surface area contributed by atoms with E-state index in [2.05, 4.69) is 32.9 Å². The zero-order valence-corrected chi connectivity index (χ0v) is 17.0. The molecule has 0 radical (unpaired) electrons. The Morgan fingerprint density at radius 2 is 2.00 bits per heavy atom. The van der Waals surface area contributed by atoms with Gasteiger partial charge in [-0.2, -0.15) is 0 Å². The molecule has 1 fully saturated rings. The minimum atomic E-state index is 0.193. The minimum absolute atomic E-state index is 0.193. The van der Waals surface area contributed by atoms with Crippen molar-refractivity contribution in [2.75, 3.05) is 44.3 Å². The number of hydrogen-bond donors (Lipinski definition) is 1. The summed E-state index contributed by atoms with van der Waals surface area (Å²) in [7, 11) is 0. The second-order valence-corrected chi connectivity index (χ2v) is 8.11. The predicted molar refractivity (Wildman–Crippen MR) is 107 cm³/mol. The number of rotatable bonds is 7. The summed E-state index contributed by atoms with van der Waals surface area (Å²) in [4.78, 5) is 21.1. The Kier molecular flexibility index (Phi) is 6.62. The number of nitrogens with one attached hydrogen (secondary N) is 1. The molecule has 0 atom stereocenters. The molecule has 6 heteroatoms. The first kappa shape index (κ1) is 19.3. The van der Waals surface area contributed by atoms with Gasteiger partial charge in [0.25, 0.3) is 0 Å². The van der Waals surface area contributed by atoms with Crippen LogP contribution in [0.2, 0.25) is 0 Å². The fourth-order valence-electron chi connectivity index (χ4n) is 3.44. The minimum Gasteiger partial charge on any atom is -0.370 e. The second-order valence-electron chi connectivity index (χ2n) is 7.13. The number of aryl methyl sites for hydroxylation is 2. The summed E-state index contributed by atoms with van der Waals surface area (Å²) < 4.78 is 6.63. The van der Waals surface area contributed by atoms with Crippen molar-refractivity contribution in [2.24, 2.45) is 0 Å². The Morgan fingerprint density at radius 3 is 2.69 bits per heavy atom. The summed E-state index contributed by atoms with van der Waals surface area (Å²) >= 11 is 1.65. The van der Waals surface area contributed by atoms with Crippen molar-refractivity contribution in [3.05, 3.63) is 23.3 Å². The predicted octanol–water partition coefficient (Wildman–Crippen LogP) is 2.35. The number of hydrogen-bond acceptors (Lipinski definition) is 4. The van der Waals surface area contributed by atoms with Crippen molar-refractivity contribution in [1.82, 2.24) is 4.98 Å². The summed E-state index contributed by atoms with van der Waals surface area (Å²) in [6, 6.07) is 4.25. The molecule has 0 aliphatic carbocycles. The number of anilines is 1. The van der Waals surface area contributed by atoms with E-state index in [4.69, 9.17) is 9.72 Å². The van der Waals surface area contributed by atoms with E-state index in [1.165, 1.54) is 15.8 Å². The molecule has 1 N–H and O–H groups in total. The molecule has 1 amide bonds. The number of carbonyl (C=O) groups is 1. The van der Waals surface area contributed by atoms with Crippen LogP contribution in [-0.2, 0) is 9.53 Å². The highest BCUT2D eigenvalue weighted by atomic mass is 32.1. The average Bonchev–Trinajstić information content (AvgIpc) is 3.09. The molecule has 3 rings (SSSR count). The molecule has 0 bridgehead atoms. The first-order valence-corrected chi connectivity index (χ1v) is 10.5. The number of amides is 1. The highest BCUT2D eigenvalue weighted by molar-refractivity contribution is 7.22. The summed E-state index contributed by atoms with van der Waals surface area (Å²) in [5.41, 5.74) is 3.45. The zero-order chi connectivity index (χ0) is 18.5. The molecule has 1 aliphatic heterocycles. The smallest absolute Gasteiger partial charge is 0.228 e.